The normalized spacial score (nSPS) is 11.9. The molecule has 0 saturated heterocycles. The molecule has 180 valence electrons. The lowest BCUT2D eigenvalue weighted by Crippen LogP contribution is -2.41. The smallest absolute Gasteiger partial charge is 0.267 e. The summed E-state index contributed by atoms with van der Waals surface area (Å²) in [5.41, 5.74) is 5.07. The van der Waals surface area contributed by atoms with Crippen molar-refractivity contribution in [2.24, 2.45) is 7.05 Å². The molecule has 0 spiro atoms. The number of benzene rings is 2. The first-order chi connectivity index (χ1) is 16.8. The van der Waals surface area contributed by atoms with Gasteiger partial charge in [0.05, 0.1) is 11.1 Å². The molecular formula is C29H32N4O2. The first-order valence-corrected chi connectivity index (χ1v) is 11.9. The lowest BCUT2D eigenvalue weighted by molar-refractivity contribution is 0.0724. The Bertz CT molecular complexity index is 1340. The van der Waals surface area contributed by atoms with E-state index in [1.54, 1.807) is 15.5 Å². The molecule has 6 heteroatoms. The summed E-state index contributed by atoms with van der Waals surface area (Å²) < 4.78 is 1.80. The van der Waals surface area contributed by atoms with E-state index in [0.717, 1.165) is 27.7 Å². The molecule has 0 saturated carbocycles. The molecule has 0 bridgehead atoms. The number of pyridine rings is 1. The molecular weight excluding hydrogens is 436 g/mol. The van der Waals surface area contributed by atoms with Gasteiger partial charge in [-0.3, -0.25) is 14.6 Å². The van der Waals surface area contributed by atoms with Crippen molar-refractivity contribution in [1.29, 1.82) is 0 Å². The maximum absolute atomic E-state index is 13.7. The van der Waals surface area contributed by atoms with Crippen LogP contribution < -0.4 is 5.32 Å². The number of hydrogen-bond donors (Lipinski definition) is 1. The second-order valence-corrected chi connectivity index (χ2v) is 9.09. The predicted molar refractivity (Wildman–Crippen MR) is 140 cm³/mol. The number of nitrogens with zero attached hydrogens (tertiary/aromatic N) is 3. The van der Waals surface area contributed by atoms with Gasteiger partial charge in [-0.2, -0.15) is 0 Å². The van der Waals surface area contributed by atoms with Crippen LogP contribution in [0.15, 0.2) is 72.9 Å². The first-order valence-electron chi connectivity index (χ1n) is 11.9. The third-order valence-corrected chi connectivity index (χ3v) is 6.57. The van der Waals surface area contributed by atoms with Gasteiger partial charge in [0.2, 0.25) is 0 Å². The van der Waals surface area contributed by atoms with Gasteiger partial charge in [0.1, 0.15) is 5.69 Å². The molecule has 0 aliphatic heterocycles. The number of carbonyl (C=O) groups excluding carboxylic acids is 2. The first kappa shape index (κ1) is 24.2. The van der Waals surface area contributed by atoms with Crippen LogP contribution in [0, 0.1) is 13.8 Å². The standard InChI is InChI=1S/C29H32N4O2/c1-20-12-14-25(27-24(20)15-13-21(2)31-27)29(35)33(4)23(19-22-9-6-5-7-10-22)16-17-30-28(34)26-11-8-18-32(26)3/h5-15,18,23H,16-17,19H2,1-4H3,(H,30,34)/t23-/m1/s1. The van der Waals surface area contributed by atoms with Crippen molar-refractivity contribution >= 4 is 22.7 Å². The van der Waals surface area contributed by atoms with Crippen molar-refractivity contribution in [1.82, 2.24) is 19.8 Å². The van der Waals surface area contributed by atoms with E-state index in [4.69, 9.17) is 4.98 Å². The van der Waals surface area contributed by atoms with E-state index in [1.165, 1.54) is 0 Å². The molecule has 0 aliphatic carbocycles. The van der Waals surface area contributed by atoms with Crippen LogP contribution in [0.3, 0.4) is 0 Å². The Kier molecular flexibility index (Phi) is 7.30. The summed E-state index contributed by atoms with van der Waals surface area (Å²) in [5, 5.41) is 4.00. The Labute approximate surface area is 206 Å². The number of likely N-dealkylation sites (N-methyl/N-ethyl adjacent to an activating group) is 1. The highest BCUT2D eigenvalue weighted by molar-refractivity contribution is 6.06. The molecule has 2 aromatic carbocycles. The topological polar surface area (TPSA) is 67.2 Å². The van der Waals surface area contributed by atoms with Crippen LogP contribution in [0.4, 0.5) is 0 Å². The van der Waals surface area contributed by atoms with Gasteiger partial charge in [0.15, 0.2) is 0 Å². The van der Waals surface area contributed by atoms with E-state index in [1.807, 2.05) is 82.7 Å². The minimum Gasteiger partial charge on any atom is -0.351 e. The number of carbonyl (C=O) groups is 2. The molecule has 0 radical (unpaired) electrons. The minimum atomic E-state index is -0.117. The Hall–Kier alpha value is -3.93. The van der Waals surface area contributed by atoms with Crippen molar-refractivity contribution in [3.63, 3.8) is 0 Å². The molecule has 4 rings (SSSR count). The van der Waals surface area contributed by atoms with E-state index < -0.39 is 0 Å². The van der Waals surface area contributed by atoms with E-state index in [2.05, 4.69) is 17.4 Å². The summed E-state index contributed by atoms with van der Waals surface area (Å²) in [6.07, 6.45) is 3.17. The third-order valence-electron chi connectivity index (χ3n) is 6.57. The highest BCUT2D eigenvalue weighted by atomic mass is 16.2. The average Bonchev–Trinajstić information content (AvgIpc) is 3.29. The van der Waals surface area contributed by atoms with Gasteiger partial charge in [-0.1, -0.05) is 42.5 Å². The van der Waals surface area contributed by atoms with E-state index in [-0.39, 0.29) is 17.9 Å². The van der Waals surface area contributed by atoms with Gasteiger partial charge in [-0.25, -0.2) is 0 Å². The number of fused-ring (bicyclic) bond motifs is 1. The molecule has 6 nitrogen and oxygen atoms in total. The molecule has 35 heavy (non-hydrogen) atoms. The van der Waals surface area contributed by atoms with Gasteiger partial charge in [-0.15, -0.1) is 0 Å². The second kappa shape index (κ2) is 10.6. The molecule has 1 atom stereocenters. The van der Waals surface area contributed by atoms with Gasteiger partial charge in [0, 0.05) is 44.0 Å². The third kappa shape index (κ3) is 5.43. The number of nitrogens with one attached hydrogen (secondary N) is 1. The van der Waals surface area contributed by atoms with E-state index in [9.17, 15) is 9.59 Å². The van der Waals surface area contributed by atoms with Gasteiger partial charge in [-0.05, 0) is 62.1 Å². The summed E-state index contributed by atoms with van der Waals surface area (Å²) in [6, 6.07) is 21.5. The molecule has 2 heterocycles. The molecule has 4 aromatic rings. The molecule has 2 amide bonds. The SMILES string of the molecule is Cc1ccc2c(C)ccc(C(=O)N(C)[C@H](CCNC(=O)c3cccn3C)Cc3ccccc3)c2n1. The Morgan fingerprint density at radius 3 is 2.49 bits per heavy atom. The van der Waals surface area contributed by atoms with E-state index in [0.29, 0.717) is 30.6 Å². The van der Waals surface area contributed by atoms with E-state index >= 15 is 0 Å². The average molecular weight is 469 g/mol. The number of aryl methyl sites for hydroxylation is 3. The van der Waals surface area contributed by atoms with Crippen LogP contribution in [-0.4, -0.2) is 45.9 Å². The van der Waals surface area contributed by atoms with Crippen molar-refractivity contribution in [3.8, 4) is 0 Å². The number of hydrogen-bond acceptors (Lipinski definition) is 3. The summed E-state index contributed by atoms with van der Waals surface area (Å²) >= 11 is 0. The van der Waals surface area contributed by atoms with Crippen molar-refractivity contribution in [2.45, 2.75) is 32.7 Å². The van der Waals surface area contributed by atoms with Crippen molar-refractivity contribution < 1.29 is 9.59 Å². The van der Waals surface area contributed by atoms with Gasteiger partial charge in [0.25, 0.3) is 11.8 Å². The zero-order valence-electron chi connectivity index (χ0n) is 20.8. The van der Waals surface area contributed by atoms with Crippen LogP contribution in [0.5, 0.6) is 0 Å². The van der Waals surface area contributed by atoms with Crippen LogP contribution in [0.2, 0.25) is 0 Å². The largest absolute Gasteiger partial charge is 0.351 e. The summed E-state index contributed by atoms with van der Waals surface area (Å²) in [4.78, 5) is 32.8. The fraction of sp³-hybridized carbons (Fsp3) is 0.276. The predicted octanol–water partition coefficient (Wildman–Crippen LogP) is 4.69. The monoisotopic (exact) mass is 468 g/mol. The fourth-order valence-corrected chi connectivity index (χ4v) is 4.44. The fourth-order valence-electron chi connectivity index (χ4n) is 4.44. The second-order valence-electron chi connectivity index (χ2n) is 9.09. The number of aromatic nitrogens is 2. The highest BCUT2D eigenvalue weighted by Gasteiger charge is 2.24. The zero-order chi connectivity index (χ0) is 24.9. The Balaban J connectivity index is 1.56. The van der Waals surface area contributed by atoms with Crippen LogP contribution in [0.25, 0.3) is 10.9 Å². The molecule has 0 fully saturated rings. The molecule has 0 aliphatic rings. The summed E-state index contributed by atoms with van der Waals surface area (Å²) in [5.74, 6) is -0.183. The van der Waals surface area contributed by atoms with Gasteiger partial charge >= 0.3 is 0 Å². The number of rotatable bonds is 8. The molecule has 1 N–H and O–H groups in total. The highest BCUT2D eigenvalue weighted by Crippen LogP contribution is 2.24. The molecule has 0 unspecified atom stereocenters. The summed E-state index contributed by atoms with van der Waals surface area (Å²) in [7, 11) is 3.69. The minimum absolute atomic E-state index is 0.0669. The number of amides is 2. The molecule has 2 aromatic heterocycles. The van der Waals surface area contributed by atoms with Crippen molar-refractivity contribution in [3.05, 3.63) is 101 Å². The Morgan fingerprint density at radius 1 is 1.00 bits per heavy atom. The van der Waals surface area contributed by atoms with Crippen LogP contribution >= 0.6 is 0 Å². The van der Waals surface area contributed by atoms with Crippen molar-refractivity contribution in [2.75, 3.05) is 13.6 Å². The lowest BCUT2D eigenvalue weighted by Gasteiger charge is -2.29. The summed E-state index contributed by atoms with van der Waals surface area (Å²) in [6.45, 7) is 4.43. The quantitative estimate of drug-likeness (QED) is 0.408. The lowest BCUT2D eigenvalue weighted by atomic mass is 9.99. The maximum atomic E-state index is 13.7. The maximum Gasteiger partial charge on any atom is 0.267 e. The Morgan fingerprint density at radius 2 is 1.77 bits per heavy atom. The van der Waals surface area contributed by atoms with Crippen LogP contribution in [-0.2, 0) is 13.5 Å². The zero-order valence-corrected chi connectivity index (χ0v) is 20.8. The van der Waals surface area contributed by atoms with Gasteiger partial charge < -0.3 is 14.8 Å². The van der Waals surface area contributed by atoms with Crippen LogP contribution in [0.1, 0.15) is 44.1 Å².